The summed E-state index contributed by atoms with van der Waals surface area (Å²) in [5.74, 6) is 0.457. The van der Waals surface area contributed by atoms with Crippen LogP contribution in [0.5, 0.6) is 0 Å². The first-order valence-electron chi connectivity index (χ1n) is 6.66. The van der Waals surface area contributed by atoms with Crippen LogP contribution in [0.2, 0.25) is 0 Å². The standard InChI is InChI=1S/C16H15FN4/c1-10(11-3-2-4-12(17)7-11)21-16-14-6-5-13(18)8-15(14)19-9-20-16/h2-10H,18H2,1H3,(H,19,20,21). The number of fused-ring (bicyclic) bond motifs is 1. The number of anilines is 2. The fourth-order valence-corrected chi connectivity index (χ4v) is 2.25. The van der Waals surface area contributed by atoms with E-state index in [1.165, 1.54) is 18.5 Å². The number of nitrogens with one attached hydrogen (secondary N) is 1. The van der Waals surface area contributed by atoms with Crippen LogP contribution in [0.15, 0.2) is 48.8 Å². The second-order valence-electron chi connectivity index (χ2n) is 4.92. The van der Waals surface area contributed by atoms with E-state index in [1.807, 2.05) is 25.1 Å². The van der Waals surface area contributed by atoms with E-state index in [0.29, 0.717) is 11.5 Å². The third-order valence-corrected chi connectivity index (χ3v) is 3.36. The Morgan fingerprint density at radius 2 is 2.00 bits per heavy atom. The van der Waals surface area contributed by atoms with Crippen molar-refractivity contribution >= 4 is 22.4 Å². The minimum atomic E-state index is -0.249. The highest BCUT2D eigenvalue weighted by molar-refractivity contribution is 5.90. The van der Waals surface area contributed by atoms with Gasteiger partial charge in [-0.15, -0.1) is 0 Å². The lowest BCUT2D eigenvalue weighted by molar-refractivity contribution is 0.623. The minimum absolute atomic E-state index is 0.0728. The number of benzene rings is 2. The van der Waals surface area contributed by atoms with Gasteiger partial charge < -0.3 is 11.1 Å². The Bertz CT molecular complexity index is 788. The van der Waals surface area contributed by atoms with Crippen LogP contribution in [-0.4, -0.2) is 9.97 Å². The first-order chi connectivity index (χ1) is 10.1. The molecule has 0 fully saturated rings. The van der Waals surface area contributed by atoms with E-state index in [0.717, 1.165) is 16.5 Å². The predicted octanol–water partition coefficient (Wildman–Crippen LogP) is 3.52. The van der Waals surface area contributed by atoms with Gasteiger partial charge in [-0.25, -0.2) is 14.4 Å². The molecule has 1 heterocycles. The summed E-state index contributed by atoms with van der Waals surface area (Å²) < 4.78 is 13.3. The average Bonchev–Trinajstić information content (AvgIpc) is 2.47. The largest absolute Gasteiger partial charge is 0.399 e. The molecular weight excluding hydrogens is 267 g/mol. The molecule has 0 saturated heterocycles. The zero-order chi connectivity index (χ0) is 14.8. The number of rotatable bonds is 3. The predicted molar refractivity (Wildman–Crippen MR) is 82.4 cm³/mol. The summed E-state index contributed by atoms with van der Waals surface area (Å²) in [4.78, 5) is 8.47. The van der Waals surface area contributed by atoms with Crippen LogP contribution in [0, 0.1) is 5.82 Å². The zero-order valence-corrected chi connectivity index (χ0v) is 11.5. The third kappa shape index (κ3) is 2.76. The number of nitrogen functional groups attached to an aromatic ring is 1. The second-order valence-corrected chi connectivity index (χ2v) is 4.92. The molecular formula is C16H15FN4. The fraction of sp³-hybridized carbons (Fsp3) is 0.125. The van der Waals surface area contributed by atoms with Gasteiger partial charge in [-0.3, -0.25) is 0 Å². The highest BCUT2D eigenvalue weighted by atomic mass is 19.1. The molecule has 0 aliphatic carbocycles. The smallest absolute Gasteiger partial charge is 0.137 e. The highest BCUT2D eigenvalue weighted by Crippen LogP contribution is 2.25. The van der Waals surface area contributed by atoms with Crippen molar-refractivity contribution in [3.8, 4) is 0 Å². The topological polar surface area (TPSA) is 63.8 Å². The van der Waals surface area contributed by atoms with Crippen molar-refractivity contribution in [1.29, 1.82) is 0 Å². The van der Waals surface area contributed by atoms with Gasteiger partial charge in [0.25, 0.3) is 0 Å². The lowest BCUT2D eigenvalue weighted by Gasteiger charge is -2.16. The molecule has 3 rings (SSSR count). The molecule has 0 amide bonds. The molecule has 1 atom stereocenters. The normalized spacial score (nSPS) is 12.3. The Labute approximate surface area is 121 Å². The van der Waals surface area contributed by atoms with Gasteiger partial charge in [0.05, 0.1) is 11.6 Å². The average molecular weight is 282 g/mol. The van der Waals surface area contributed by atoms with Crippen LogP contribution in [0.25, 0.3) is 10.9 Å². The number of hydrogen-bond acceptors (Lipinski definition) is 4. The monoisotopic (exact) mass is 282 g/mol. The van der Waals surface area contributed by atoms with E-state index < -0.39 is 0 Å². The zero-order valence-electron chi connectivity index (χ0n) is 11.5. The van der Waals surface area contributed by atoms with E-state index in [9.17, 15) is 4.39 Å². The molecule has 21 heavy (non-hydrogen) atoms. The summed E-state index contributed by atoms with van der Waals surface area (Å²) in [6.07, 6.45) is 1.49. The van der Waals surface area contributed by atoms with Gasteiger partial charge in [0.1, 0.15) is 18.0 Å². The molecule has 0 aliphatic rings. The maximum Gasteiger partial charge on any atom is 0.137 e. The Morgan fingerprint density at radius 1 is 1.14 bits per heavy atom. The molecule has 0 spiro atoms. The van der Waals surface area contributed by atoms with E-state index in [2.05, 4.69) is 15.3 Å². The molecule has 106 valence electrons. The summed E-state index contributed by atoms with van der Waals surface area (Å²) >= 11 is 0. The van der Waals surface area contributed by atoms with E-state index >= 15 is 0 Å². The van der Waals surface area contributed by atoms with Gasteiger partial charge in [-0.2, -0.15) is 0 Å². The van der Waals surface area contributed by atoms with Crippen molar-refractivity contribution in [3.63, 3.8) is 0 Å². The van der Waals surface area contributed by atoms with E-state index in [4.69, 9.17) is 5.73 Å². The molecule has 0 bridgehead atoms. The molecule has 3 aromatic rings. The summed E-state index contributed by atoms with van der Waals surface area (Å²) in [5.41, 5.74) is 8.05. The molecule has 0 radical (unpaired) electrons. The Kier molecular flexibility index (Phi) is 3.39. The van der Waals surface area contributed by atoms with Gasteiger partial charge in [-0.1, -0.05) is 12.1 Å². The highest BCUT2D eigenvalue weighted by Gasteiger charge is 2.10. The molecule has 3 N–H and O–H groups in total. The van der Waals surface area contributed by atoms with Crippen LogP contribution in [0.3, 0.4) is 0 Å². The summed E-state index contributed by atoms with van der Waals surface area (Å²) in [6.45, 7) is 1.96. The summed E-state index contributed by atoms with van der Waals surface area (Å²) in [5, 5.41) is 4.17. The van der Waals surface area contributed by atoms with Crippen molar-refractivity contribution in [3.05, 3.63) is 60.2 Å². The first kappa shape index (κ1) is 13.3. The Balaban J connectivity index is 1.94. The molecule has 0 saturated carbocycles. The third-order valence-electron chi connectivity index (χ3n) is 3.36. The van der Waals surface area contributed by atoms with Crippen molar-refractivity contribution in [2.45, 2.75) is 13.0 Å². The Hall–Kier alpha value is -2.69. The number of halogens is 1. The van der Waals surface area contributed by atoms with Crippen molar-refractivity contribution in [2.75, 3.05) is 11.1 Å². The fourth-order valence-electron chi connectivity index (χ4n) is 2.25. The maximum absolute atomic E-state index is 13.3. The summed E-state index contributed by atoms with van der Waals surface area (Å²) in [7, 11) is 0. The maximum atomic E-state index is 13.3. The van der Waals surface area contributed by atoms with Crippen LogP contribution < -0.4 is 11.1 Å². The lowest BCUT2D eigenvalue weighted by atomic mass is 10.1. The Morgan fingerprint density at radius 3 is 2.81 bits per heavy atom. The molecule has 0 aliphatic heterocycles. The minimum Gasteiger partial charge on any atom is -0.399 e. The molecule has 1 aromatic heterocycles. The molecule has 1 unspecified atom stereocenters. The van der Waals surface area contributed by atoms with Crippen LogP contribution in [-0.2, 0) is 0 Å². The molecule has 2 aromatic carbocycles. The number of hydrogen-bond donors (Lipinski definition) is 2. The van der Waals surface area contributed by atoms with Crippen LogP contribution >= 0.6 is 0 Å². The molecule has 5 heteroatoms. The molecule has 4 nitrogen and oxygen atoms in total. The quantitative estimate of drug-likeness (QED) is 0.721. The first-order valence-corrected chi connectivity index (χ1v) is 6.66. The second kappa shape index (κ2) is 5.36. The SMILES string of the molecule is CC(Nc1ncnc2cc(N)ccc12)c1cccc(F)c1. The van der Waals surface area contributed by atoms with Gasteiger partial charge in [0, 0.05) is 11.1 Å². The van der Waals surface area contributed by atoms with Crippen LogP contribution in [0.4, 0.5) is 15.9 Å². The van der Waals surface area contributed by atoms with Gasteiger partial charge in [0.2, 0.25) is 0 Å². The van der Waals surface area contributed by atoms with E-state index in [1.54, 1.807) is 12.1 Å². The van der Waals surface area contributed by atoms with Crippen molar-refractivity contribution in [2.24, 2.45) is 0 Å². The van der Waals surface area contributed by atoms with Crippen molar-refractivity contribution in [1.82, 2.24) is 9.97 Å². The number of nitrogens with two attached hydrogens (primary N) is 1. The van der Waals surface area contributed by atoms with E-state index in [-0.39, 0.29) is 11.9 Å². The lowest BCUT2D eigenvalue weighted by Crippen LogP contribution is -2.09. The number of aromatic nitrogens is 2. The van der Waals surface area contributed by atoms with Crippen molar-refractivity contribution < 1.29 is 4.39 Å². The van der Waals surface area contributed by atoms with Crippen LogP contribution in [0.1, 0.15) is 18.5 Å². The van der Waals surface area contributed by atoms with Gasteiger partial charge in [0.15, 0.2) is 0 Å². The van der Waals surface area contributed by atoms with Gasteiger partial charge in [-0.05, 0) is 42.8 Å². The van der Waals surface area contributed by atoms with Gasteiger partial charge >= 0.3 is 0 Å². The summed E-state index contributed by atoms with van der Waals surface area (Å²) in [6, 6.07) is 11.9. The number of nitrogens with zero attached hydrogens (tertiary/aromatic N) is 2.